The van der Waals surface area contributed by atoms with Gasteiger partial charge in [-0.15, -0.1) is 0 Å². The first-order valence-electron chi connectivity index (χ1n) is 11.2. The molecule has 0 aromatic heterocycles. The van der Waals surface area contributed by atoms with Crippen LogP contribution in [0.25, 0.3) is 0 Å². The quantitative estimate of drug-likeness (QED) is 0.529. The monoisotopic (exact) mass is 443 g/mol. The molecule has 0 bridgehead atoms. The summed E-state index contributed by atoms with van der Waals surface area (Å²) in [5, 5.41) is 5.82. The Kier molecular flexibility index (Phi) is 7.25. The number of carbonyl (C=O) groups is 2. The minimum Gasteiger partial charge on any atom is -0.496 e. The molecule has 1 saturated heterocycles. The van der Waals surface area contributed by atoms with Gasteiger partial charge in [0, 0.05) is 43.7 Å². The van der Waals surface area contributed by atoms with Crippen LogP contribution in [0.3, 0.4) is 0 Å². The van der Waals surface area contributed by atoms with Crippen LogP contribution in [-0.2, 0) is 24.3 Å². The Morgan fingerprint density at radius 1 is 0.970 bits per heavy atom. The van der Waals surface area contributed by atoms with Crippen LogP contribution in [0.5, 0.6) is 5.75 Å². The summed E-state index contributed by atoms with van der Waals surface area (Å²) in [4.78, 5) is 26.3. The Balaban J connectivity index is 1.34. The fraction of sp³-hybridized carbons (Fsp3) is 0.259. The van der Waals surface area contributed by atoms with E-state index in [0.717, 1.165) is 35.4 Å². The molecule has 0 unspecified atom stereocenters. The predicted octanol–water partition coefficient (Wildman–Crippen LogP) is 4.73. The molecule has 170 valence electrons. The minimum atomic E-state index is -0.272. The van der Waals surface area contributed by atoms with E-state index in [0.29, 0.717) is 31.6 Å². The molecule has 3 aromatic rings. The van der Waals surface area contributed by atoms with Crippen molar-refractivity contribution < 1.29 is 14.3 Å². The second-order valence-corrected chi connectivity index (χ2v) is 8.24. The highest BCUT2D eigenvalue weighted by atomic mass is 16.5. The number of likely N-dealkylation sites (tertiary alicyclic amines) is 1. The average molecular weight is 444 g/mol. The summed E-state index contributed by atoms with van der Waals surface area (Å²) in [5.41, 5.74) is 4.96. The number of nitrogens with one attached hydrogen (secondary N) is 2. The van der Waals surface area contributed by atoms with Gasteiger partial charge in [-0.3, -0.25) is 4.79 Å². The van der Waals surface area contributed by atoms with Crippen LogP contribution in [0.1, 0.15) is 35.1 Å². The van der Waals surface area contributed by atoms with Crippen LogP contribution in [0.4, 0.5) is 10.5 Å². The van der Waals surface area contributed by atoms with Gasteiger partial charge in [0.05, 0.1) is 7.11 Å². The van der Waals surface area contributed by atoms with Crippen molar-refractivity contribution in [2.75, 3.05) is 19.0 Å². The van der Waals surface area contributed by atoms with E-state index in [2.05, 4.69) is 22.8 Å². The molecule has 2 N–H and O–H groups in total. The second kappa shape index (κ2) is 10.7. The first-order chi connectivity index (χ1) is 16.1. The number of amides is 3. The zero-order valence-corrected chi connectivity index (χ0v) is 18.8. The second-order valence-electron chi connectivity index (χ2n) is 8.24. The van der Waals surface area contributed by atoms with Crippen LogP contribution >= 0.6 is 0 Å². The summed E-state index contributed by atoms with van der Waals surface area (Å²) < 4.78 is 5.50. The molecule has 3 amide bonds. The molecule has 0 radical (unpaired) electrons. The number of urea groups is 1. The first-order valence-corrected chi connectivity index (χ1v) is 11.2. The molecule has 0 saturated carbocycles. The summed E-state index contributed by atoms with van der Waals surface area (Å²) in [6.45, 7) is 1.84. The number of ether oxygens (including phenoxy) is 1. The van der Waals surface area contributed by atoms with Gasteiger partial charge in [-0.1, -0.05) is 54.6 Å². The van der Waals surface area contributed by atoms with E-state index in [1.807, 2.05) is 65.6 Å². The van der Waals surface area contributed by atoms with E-state index in [1.54, 1.807) is 7.11 Å². The number of hydrogen-bond donors (Lipinski definition) is 2. The Morgan fingerprint density at radius 2 is 1.76 bits per heavy atom. The molecule has 0 aliphatic carbocycles. The number of hydrogen-bond acceptors (Lipinski definition) is 3. The van der Waals surface area contributed by atoms with E-state index >= 15 is 0 Å². The Bertz CT molecular complexity index is 1110. The lowest BCUT2D eigenvalue weighted by Crippen LogP contribution is -2.28. The Hall–Kier alpha value is -3.80. The normalized spacial score (nSPS) is 13.1. The van der Waals surface area contributed by atoms with E-state index in [1.165, 1.54) is 5.56 Å². The third-order valence-electron chi connectivity index (χ3n) is 5.76. The zero-order valence-electron chi connectivity index (χ0n) is 18.8. The lowest BCUT2D eigenvalue weighted by Gasteiger charge is -2.16. The summed E-state index contributed by atoms with van der Waals surface area (Å²) in [7, 11) is 1.65. The van der Waals surface area contributed by atoms with E-state index in [4.69, 9.17) is 4.74 Å². The number of methoxy groups -OCH3 is 1. The van der Waals surface area contributed by atoms with Gasteiger partial charge < -0.3 is 20.3 Å². The lowest BCUT2D eigenvalue weighted by molar-refractivity contribution is -0.128. The molecule has 1 aliphatic heterocycles. The SMILES string of the molecule is COc1ccc(NC(=O)NCc2cccc(CN3CCCC3=O)c2)cc1Cc1ccccc1. The van der Waals surface area contributed by atoms with Crippen LogP contribution in [0.2, 0.25) is 0 Å². The fourth-order valence-corrected chi connectivity index (χ4v) is 4.10. The van der Waals surface area contributed by atoms with Crippen LogP contribution in [-0.4, -0.2) is 30.5 Å². The largest absolute Gasteiger partial charge is 0.496 e. The fourth-order valence-electron chi connectivity index (χ4n) is 4.10. The van der Waals surface area contributed by atoms with Gasteiger partial charge in [-0.25, -0.2) is 4.79 Å². The molecular formula is C27H29N3O3. The molecule has 1 fully saturated rings. The van der Waals surface area contributed by atoms with Gasteiger partial charge in [0.2, 0.25) is 5.91 Å². The van der Waals surface area contributed by atoms with Crippen LogP contribution in [0, 0.1) is 0 Å². The molecule has 1 aliphatic rings. The van der Waals surface area contributed by atoms with Gasteiger partial charge in [0.15, 0.2) is 0 Å². The lowest BCUT2D eigenvalue weighted by atomic mass is 10.0. The van der Waals surface area contributed by atoms with Crippen LogP contribution < -0.4 is 15.4 Å². The zero-order chi connectivity index (χ0) is 23.0. The Morgan fingerprint density at radius 3 is 2.52 bits per heavy atom. The number of anilines is 1. The van der Waals surface area contributed by atoms with Gasteiger partial charge in [-0.05, 0) is 41.3 Å². The van der Waals surface area contributed by atoms with Gasteiger partial charge in [0.25, 0.3) is 0 Å². The third-order valence-corrected chi connectivity index (χ3v) is 5.76. The van der Waals surface area contributed by atoms with E-state index in [-0.39, 0.29) is 11.9 Å². The van der Waals surface area contributed by atoms with Crippen molar-refractivity contribution in [2.45, 2.75) is 32.4 Å². The molecule has 3 aromatic carbocycles. The minimum absolute atomic E-state index is 0.212. The van der Waals surface area contributed by atoms with Crippen molar-refractivity contribution in [3.63, 3.8) is 0 Å². The number of nitrogens with zero attached hydrogens (tertiary/aromatic N) is 1. The smallest absolute Gasteiger partial charge is 0.319 e. The highest BCUT2D eigenvalue weighted by Gasteiger charge is 2.20. The summed E-state index contributed by atoms with van der Waals surface area (Å²) in [6.07, 6.45) is 2.28. The summed E-state index contributed by atoms with van der Waals surface area (Å²) in [5.74, 6) is 1.00. The standard InChI is InChI=1S/C27H29N3O3/c1-33-25-13-12-24(17-23(25)16-20-7-3-2-4-8-20)29-27(32)28-18-21-9-5-10-22(15-21)19-30-14-6-11-26(30)31/h2-5,7-10,12-13,15,17H,6,11,14,16,18-19H2,1H3,(H2,28,29,32). The van der Waals surface area contributed by atoms with Crippen molar-refractivity contribution in [2.24, 2.45) is 0 Å². The van der Waals surface area contributed by atoms with Crippen molar-refractivity contribution in [3.8, 4) is 5.75 Å². The maximum atomic E-state index is 12.5. The van der Waals surface area contributed by atoms with Gasteiger partial charge in [0.1, 0.15) is 5.75 Å². The summed E-state index contributed by atoms with van der Waals surface area (Å²) in [6, 6.07) is 23.5. The number of carbonyl (C=O) groups excluding carboxylic acids is 2. The van der Waals surface area contributed by atoms with Crippen molar-refractivity contribution in [1.29, 1.82) is 0 Å². The average Bonchev–Trinajstić information content (AvgIpc) is 3.23. The molecule has 33 heavy (non-hydrogen) atoms. The van der Waals surface area contributed by atoms with Gasteiger partial charge >= 0.3 is 6.03 Å². The number of rotatable bonds is 8. The van der Waals surface area contributed by atoms with Gasteiger partial charge in [-0.2, -0.15) is 0 Å². The Labute approximate surface area is 194 Å². The molecule has 1 heterocycles. The molecule has 0 atom stereocenters. The number of benzene rings is 3. The van der Waals surface area contributed by atoms with E-state index in [9.17, 15) is 9.59 Å². The van der Waals surface area contributed by atoms with Crippen LogP contribution in [0.15, 0.2) is 72.8 Å². The topological polar surface area (TPSA) is 70.7 Å². The van der Waals surface area contributed by atoms with E-state index < -0.39 is 0 Å². The summed E-state index contributed by atoms with van der Waals surface area (Å²) >= 11 is 0. The highest BCUT2D eigenvalue weighted by molar-refractivity contribution is 5.89. The van der Waals surface area contributed by atoms with Crippen molar-refractivity contribution in [1.82, 2.24) is 10.2 Å². The maximum absolute atomic E-state index is 12.5. The molecule has 0 spiro atoms. The first kappa shape index (κ1) is 22.4. The molecule has 6 nitrogen and oxygen atoms in total. The molecule has 6 heteroatoms. The maximum Gasteiger partial charge on any atom is 0.319 e. The van der Waals surface area contributed by atoms with Crippen molar-refractivity contribution in [3.05, 3.63) is 95.1 Å². The highest BCUT2D eigenvalue weighted by Crippen LogP contribution is 2.25. The molecule has 4 rings (SSSR count). The van der Waals surface area contributed by atoms with Crippen molar-refractivity contribution >= 4 is 17.6 Å². The predicted molar refractivity (Wildman–Crippen MR) is 129 cm³/mol. The third kappa shape index (κ3) is 6.13. The molecular weight excluding hydrogens is 414 g/mol.